The summed E-state index contributed by atoms with van der Waals surface area (Å²) in [5.41, 5.74) is 0. The fourth-order valence-corrected chi connectivity index (χ4v) is 3.04. The van der Waals surface area contributed by atoms with Crippen LogP contribution in [0.15, 0.2) is 0 Å². The van der Waals surface area contributed by atoms with Crippen LogP contribution in [-0.2, 0) is 9.59 Å². The number of rotatable bonds is 3. The number of amides is 2. The van der Waals surface area contributed by atoms with Crippen LogP contribution in [0.2, 0.25) is 0 Å². The fraction of sp³-hybridized carbons (Fsp3) is 0.857. The summed E-state index contributed by atoms with van der Waals surface area (Å²) in [5, 5.41) is 3.09. The van der Waals surface area contributed by atoms with E-state index in [1.807, 2.05) is 4.90 Å². The van der Waals surface area contributed by atoms with Crippen LogP contribution in [0, 0.1) is 11.8 Å². The standard InChI is InChI=1S/C14H25N3O2/c1-11(18)17-7-4-13(5-8-17)14(19)15-9-12-3-6-16(2)10-12/h12-13H,3-10H2,1-2H3,(H,15,19). The summed E-state index contributed by atoms with van der Waals surface area (Å²) in [7, 11) is 2.12. The minimum atomic E-state index is 0.0923. The molecule has 2 aliphatic rings. The van der Waals surface area contributed by atoms with E-state index in [9.17, 15) is 9.59 Å². The van der Waals surface area contributed by atoms with E-state index in [2.05, 4.69) is 17.3 Å². The molecule has 0 aliphatic carbocycles. The number of hydrogen-bond donors (Lipinski definition) is 1. The molecule has 1 N–H and O–H groups in total. The lowest BCUT2D eigenvalue weighted by Gasteiger charge is -2.30. The fourth-order valence-electron chi connectivity index (χ4n) is 3.04. The highest BCUT2D eigenvalue weighted by atomic mass is 16.2. The van der Waals surface area contributed by atoms with Crippen LogP contribution in [0.1, 0.15) is 26.2 Å². The van der Waals surface area contributed by atoms with Gasteiger partial charge in [0.25, 0.3) is 0 Å². The van der Waals surface area contributed by atoms with E-state index < -0.39 is 0 Å². The lowest BCUT2D eigenvalue weighted by molar-refractivity contribution is -0.134. The zero-order chi connectivity index (χ0) is 13.8. The van der Waals surface area contributed by atoms with Crippen molar-refractivity contribution in [2.24, 2.45) is 11.8 Å². The van der Waals surface area contributed by atoms with E-state index in [0.717, 1.165) is 45.6 Å². The Bertz CT molecular complexity index is 338. The Hall–Kier alpha value is -1.10. The summed E-state index contributed by atoms with van der Waals surface area (Å²) in [6.45, 7) is 6.06. The van der Waals surface area contributed by atoms with Crippen LogP contribution < -0.4 is 5.32 Å². The monoisotopic (exact) mass is 267 g/mol. The van der Waals surface area contributed by atoms with Crippen molar-refractivity contribution in [1.82, 2.24) is 15.1 Å². The Balaban J connectivity index is 1.68. The first-order chi connectivity index (χ1) is 9.06. The van der Waals surface area contributed by atoms with Crippen LogP contribution >= 0.6 is 0 Å². The lowest BCUT2D eigenvalue weighted by atomic mass is 9.95. The first-order valence-electron chi connectivity index (χ1n) is 7.28. The number of carbonyl (C=O) groups is 2. The molecule has 0 aromatic carbocycles. The maximum absolute atomic E-state index is 12.1. The predicted octanol–water partition coefficient (Wildman–Crippen LogP) is 0.313. The van der Waals surface area contributed by atoms with Gasteiger partial charge in [-0.15, -0.1) is 0 Å². The SMILES string of the molecule is CC(=O)N1CCC(C(=O)NCC2CCN(C)C2)CC1. The van der Waals surface area contributed by atoms with Crippen molar-refractivity contribution in [2.45, 2.75) is 26.2 Å². The van der Waals surface area contributed by atoms with Gasteiger partial charge in [0.1, 0.15) is 0 Å². The molecule has 5 nitrogen and oxygen atoms in total. The zero-order valence-corrected chi connectivity index (χ0v) is 12.0. The third-order valence-corrected chi connectivity index (χ3v) is 4.36. The predicted molar refractivity (Wildman–Crippen MR) is 73.6 cm³/mol. The van der Waals surface area contributed by atoms with Crippen LogP contribution in [0.5, 0.6) is 0 Å². The summed E-state index contributed by atoms with van der Waals surface area (Å²) in [5.74, 6) is 0.992. The second-order valence-corrected chi connectivity index (χ2v) is 5.94. The lowest BCUT2D eigenvalue weighted by Crippen LogP contribution is -2.43. The molecule has 1 unspecified atom stereocenters. The second kappa shape index (κ2) is 6.37. The molecule has 0 aromatic heterocycles. The smallest absolute Gasteiger partial charge is 0.223 e. The summed E-state index contributed by atoms with van der Waals surface area (Å²) < 4.78 is 0. The van der Waals surface area contributed by atoms with E-state index in [4.69, 9.17) is 0 Å². The van der Waals surface area contributed by atoms with Gasteiger partial charge in [-0.1, -0.05) is 0 Å². The first-order valence-corrected chi connectivity index (χ1v) is 7.28. The van der Waals surface area contributed by atoms with Crippen molar-refractivity contribution in [3.05, 3.63) is 0 Å². The van der Waals surface area contributed by atoms with Crippen molar-refractivity contribution in [2.75, 3.05) is 39.8 Å². The molecule has 2 fully saturated rings. The summed E-state index contributed by atoms with van der Waals surface area (Å²) >= 11 is 0. The van der Waals surface area contributed by atoms with Crippen LogP contribution in [0.25, 0.3) is 0 Å². The van der Waals surface area contributed by atoms with Gasteiger partial charge in [0.15, 0.2) is 0 Å². The molecule has 2 aliphatic heterocycles. The minimum absolute atomic E-state index is 0.0923. The molecule has 1 atom stereocenters. The summed E-state index contributed by atoms with van der Waals surface area (Å²) in [6.07, 6.45) is 2.78. The molecule has 2 amide bonds. The molecule has 2 rings (SSSR count). The molecule has 0 saturated carbocycles. The third kappa shape index (κ3) is 3.93. The number of likely N-dealkylation sites (tertiary alicyclic amines) is 2. The molecule has 0 aromatic rings. The van der Waals surface area contributed by atoms with Crippen molar-refractivity contribution >= 4 is 11.8 Å². The van der Waals surface area contributed by atoms with Crippen LogP contribution in [-0.4, -0.2) is 61.4 Å². The van der Waals surface area contributed by atoms with E-state index >= 15 is 0 Å². The van der Waals surface area contributed by atoms with Gasteiger partial charge in [0, 0.05) is 39.0 Å². The molecule has 5 heteroatoms. The Morgan fingerprint density at radius 1 is 1.16 bits per heavy atom. The number of carbonyl (C=O) groups excluding carboxylic acids is 2. The quantitative estimate of drug-likeness (QED) is 0.801. The van der Waals surface area contributed by atoms with Crippen molar-refractivity contribution in [1.29, 1.82) is 0 Å². The molecule has 0 bridgehead atoms. The van der Waals surface area contributed by atoms with Gasteiger partial charge >= 0.3 is 0 Å². The molecule has 0 spiro atoms. The largest absolute Gasteiger partial charge is 0.356 e. The molecular weight excluding hydrogens is 242 g/mol. The van der Waals surface area contributed by atoms with E-state index in [-0.39, 0.29) is 17.7 Å². The number of nitrogens with zero attached hydrogens (tertiary/aromatic N) is 2. The van der Waals surface area contributed by atoms with Gasteiger partial charge in [0.2, 0.25) is 11.8 Å². The number of nitrogens with one attached hydrogen (secondary N) is 1. The Labute approximate surface area is 115 Å². The van der Waals surface area contributed by atoms with Gasteiger partial charge in [-0.05, 0) is 38.8 Å². The third-order valence-electron chi connectivity index (χ3n) is 4.36. The molecule has 2 saturated heterocycles. The zero-order valence-electron chi connectivity index (χ0n) is 12.0. The van der Waals surface area contributed by atoms with Gasteiger partial charge in [-0.25, -0.2) is 0 Å². The highest BCUT2D eigenvalue weighted by molar-refractivity contribution is 5.79. The molecule has 108 valence electrons. The van der Waals surface area contributed by atoms with E-state index in [1.54, 1.807) is 6.92 Å². The Morgan fingerprint density at radius 2 is 1.84 bits per heavy atom. The number of hydrogen-bond acceptors (Lipinski definition) is 3. The average Bonchev–Trinajstić information content (AvgIpc) is 2.82. The van der Waals surface area contributed by atoms with Crippen molar-refractivity contribution in [3.63, 3.8) is 0 Å². The Morgan fingerprint density at radius 3 is 2.37 bits per heavy atom. The average molecular weight is 267 g/mol. The highest BCUT2D eigenvalue weighted by Crippen LogP contribution is 2.18. The number of piperidine rings is 1. The van der Waals surface area contributed by atoms with Crippen LogP contribution in [0.3, 0.4) is 0 Å². The molecule has 0 radical (unpaired) electrons. The van der Waals surface area contributed by atoms with Gasteiger partial charge in [0.05, 0.1) is 0 Å². The van der Waals surface area contributed by atoms with E-state index in [0.29, 0.717) is 5.92 Å². The summed E-state index contributed by atoms with van der Waals surface area (Å²) in [4.78, 5) is 27.4. The minimum Gasteiger partial charge on any atom is -0.356 e. The van der Waals surface area contributed by atoms with Gasteiger partial charge in [-0.3, -0.25) is 9.59 Å². The van der Waals surface area contributed by atoms with Gasteiger partial charge < -0.3 is 15.1 Å². The topological polar surface area (TPSA) is 52.7 Å². The second-order valence-electron chi connectivity index (χ2n) is 5.94. The maximum Gasteiger partial charge on any atom is 0.223 e. The highest BCUT2D eigenvalue weighted by Gasteiger charge is 2.27. The molecular formula is C14H25N3O2. The van der Waals surface area contributed by atoms with Crippen molar-refractivity contribution in [3.8, 4) is 0 Å². The van der Waals surface area contributed by atoms with E-state index in [1.165, 1.54) is 6.42 Å². The molecule has 19 heavy (non-hydrogen) atoms. The first kappa shape index (κ1) is 14.3. The molecule has 2 heterocycles. The summed E-state index contributed by atoms with van der Waals surface area (Å²) in [6, 6.07) is 0. The maximum atomic E-state index is 12.1. The Kier molecular flexibility index (Phi) is 4.80. The van der Waals surface area contributed by atoms with Crippen molar-refractivity contribution < 1.29 is 9.59 Å². The normalized spacial score (nSPS) is 25.6. The van der Waals surface area contributed by atoms with Crippen LogP contribution in [0.4, 0.5) is 0 Å². The van der Waals surface area contributed by atoms with Gasteiger partial charge in [-0.2, -0.15) is 0 Å².